The SMILES string of the molecule is C=C(C)C(=O)OCOc1ccc(OC(=O)C2CCC(C(=O)Oc3ccc(OC(=O)c4ccc(OCOC(=O)C(=C)C)cc4OCOC(=O)C(=C)C)cc3)CC2)cc1. The molecule has 0 unspecified atom stereocenters. The highest BCUT2D eigenvalue weighted by molar-refractivity contribution is 5.94. The monoisotopic (exact) mass is 786 g/mol. The van der Waals surface area contributed by atoms with Gasteiger partial charge in [-0.05, 0) is 107 Å². The normalized spacial score (nSPS) is 14.4. The molecule has 15 nitrogen and oxygen atoms in total. The topological polar surface area (TPSA) is 185 Å². The van der Waals surface area contributed by atoms with Gasteiger partial charge in [-0.25, -0.2) is 19.2 Å². The van der Waals surface area contributed by atoms with Crippen LogP contribution in [0.4, 0.5) is 0 Å². The summed E-state index contributed by atoms with van der Waals surface area (Å²) in [4.78, 5) is 73.9. The van der Waals surface area contributed by atoms with Crippen LogP contribution in [0.2, 0.25) is 0 Å². The summed E-state index contributed by atoms with van der Waals surface area (Å²) >= 11 is 0. The number of benzene rings is 3. The molecular formula is C42H42O15. The third-order valence-electron chi connectivity index (χ3n) is 8.14. The van der Waals surface area contributed by atoms with Gasteiger partial charge in [0.2, 0.25) is 20.4 Å². The molecule has 1 saturated carbocycles. The van der Waals surface area contributed by atoms with E-state index < -0.39 is 61.2 Å². The number of ether oxygens (including phenoxy) is 9. The van der Waals surface area contributed by atoms with E-state index in [2.05, 4.69) is 19.7 Å². The first-order valence-corrected chi connectivity index (χ1v) is 17.6. The predicted octanol–water partition coefficient (Wildman–Crippen LogP) is 6.59. The molecule has 1 fully saturated rings. The van der Waals surface area contributed by atoms with Crippen LogP contribution in [0.5, 0.6) is 34.5 Å². The molecule has 4 rings (SSSR count). The largest absolute Gasteiger partial charge is 0.457 e. The molecule has 0 heterocycles. The molecule has 3 aromatic rings. The van der Waals surface area contributed by atoms with Crippen molar-refractivity contribution in [3.63, 3.8) is 0 Å². The van der Waals surface area contributed by atoms with Crippen LogP contribution in [0.3, 0.4) is 0 Å². The van der Waals surface area contributed by atoms with Crippen molar-refractivity contribution in [1.29, 1.82) is 0 Å². The summed E-state index contributed by atoms with van der Waals surface area (Å²) in [5.74, 6) is -3.28. The zero-order valence-electron chi connectivity index (χ0n) is 31.7. The highest BCUT2D eigenvalue weighted by Crippen LogP contribution is 2.32. The van der Waals surface area contributed by atoms with E-state index in [0.29, 0.717) is 37.2 Å². The minimum absolute atomic E-state index is 0.0501. The number of carbonyl (C=O) groups excluding carboxylic acids is 6. The van der Waals surface area contributed by atoms with Crippen LogP contribution < -0.4 is 28.4 Å². The molecule has 300 valence electrons. The van der Waals surface area contributed by atoms with Crippen LogP contribution in [-0.4, -0.2) is 56.2 Å². The standard InChI is InChI=1S/C42H42O15/c1-25(2)37(43)52-22-49-30-11-13-31(14-12-30)55-40(46)28-7-9-29(10-8-28)41(47)56-32-15-17-33(18-16-32)57-42(48)35-20-19-34(50-23-53-38(44)26(3)4)21-36(35)51-24-54-39(45)27(5)6/h11-21,28-29H,1,3,5,7-10,22-24H2,2,4,6H3. The molecule has 0 aromatic heterocycles. The van der Waals surface area contributed by atoms with E-state index in [1.54, 1.807) is 24.3 Å². The van der Waals surface area contributed by atoms with Crippen molar-refractivity contribution in [2.45, 2.75) is 46.5 Å². The fourth-order valence-electron chi connectivity index (χ4n) is 5.00. The second-order valence-corrected chi connectivity index (χ2v) is 12.8. The molecule has 1 aliphatic carbocycles. The quantitative estimate of drug-likeness (QED) is 0.0442. The Kier molecular flexibility index (Phi) is 15.5. The van der Waals surface area contributed by atoms with Crippen molar-refractivity contribution >= 4 is 35.8 Å². The van der Waals surface area contributed by atoms with E-state index in [9.17, 15) is 28.8 Å². The van der Waals surface area contributed by atoms with Crippen molar-refractivity contribution in [2.75, 3.05) is 20.4 Å². The molecule has 0 spiro atoms. The highest BCUT2D eigenvalue weighted by atomic mass is 16.7. The third kappa shape index (κ3) is 13.4. The molecule has 0 atom stereocenters. The van der Waals surface area contributed by atoms with E-state index >= 15 is 0 Å². The van der Waals surface area contributed by atoms with Gasteiger partial charge in [0.15, 0.2) is 0 Å². The fourth-order valence-corrected chi connectivity index (χ4v) is 5.00. The molecule has 0 N–H and O–H groups in total. The smallest absolute Gasteiger partial charge is 0.347 e. The molecule has 15 heteroatoms. The lowest BCUT2D eigenvalue weighted by Crippen LogP contribution is -2.30. The molecular weight excluding hydrogens is 744 g/mol. The van der Waals surface area contributed by atoms with E-state index in [1.165, 1.54) is 63.2 Å². The van der Waals surface area contributed by atoms with Gasteiger partial charge in [0.05, 0.1) is 11.8 Å². The molecule has 0 aliphatic heterocycles. The second-order valence-electron chi connectivity index (χ2n) is 12.8. The summed E-state index contributed by atoms with van der Waals surface area (Å²) in [6, 6.07) is 16.2. The van der Waals surface area contributed by atoms with Crippen molar-refractivity contribution in [3.8, 4) is 34.5 Å². The summed E-state index contributed by atoms with van der Waals surface area (Å²) in [7, 11) is 0. The summed E-state index contributed by atoms with van der Waals surface area (Å²) < 4.78 is 47.7. The van der Waals surface area contributed by atoms with Gasteiger partial charge in [-0.2, -0.15) is 0 Å². The highest BCUT2D eigenvalue weighted by Gasteiger charge is 2.32. The molecule has 0 amide bonds. The van der Waals surface area contributed by atoms with Crippen LogP contribution in [0.15, 0.2) is 103 Å². The lowest BCUT2D eigenvalue weighted by molar-refractivity contribution is -0.146. The van der Waals surface area contributed by atoms with E-state index in [4.69, 9.17) is 42.6 Å². The average molecular weight is 787 g/mol. The lowest BCUT2D eigenvalue weighted by Gasteiger charge is -2.25. The number of esters is 6. The molecule has 0 radical (unpaired) electrons. The van der Waals surface area contributed by atoms with Crippen molar-refractivity contribution in [1.82, 2.24) is 0 Å². The number of hydrogen-bond acceptors (Lipinski definition) is 15. The van der Waals surface area contributed by atoms with E-state index in [1.807, 2.05) is 0 Å². The maximum Gasteiger partial charge on any atom is 0.347 e. The number of carbonyl (C=O) groups is 6. The Morgan fingerprint density at radius 2 is 0.842 bits per heavy atom. The van der Waals surface area contributed by atoms with Crippen molar-refractivity contribution in [3.05, 3.63) is 109 Å². The Morgan fingerprint density at radius 1 is 0.491 bits per heavy atom. The van der Waals surface area contributed by atoms with Crippen LogP contribution in [0.1, 0.15) is 56.8 Å². The first-order valence-electron chi connectivity index (χ1n) is 17.6. The van der Waals surface area contributed by atoms with Crippen molar-refractivity contribution in [2.24, 2.45) is 11.8 Å². The van der Waals surface area contributed by atoms with Crippen LogP contribution in [-0.2, 0) is 38.2 Å². The zero-order chi connectivity index (χ0) is 41.5. The zero-order valence-corrected chi connectivity index (χ0v) is 31.7. The Labute approximate surface area is 328 Å². The van der Waals surface area contributed by atoms with Crippen molar-refractivity contribution < 1.29 is 71.4 Å². The predicted molar refractivity (Wildman–Crippen MR) is 200 cm³/mol. The average Bonchev–Trinajstić information content (AvgIpc) is 3.19. The summed E-state index contributed by atoms with van der Waals surface area (Å²) in [6.07, 6.45) is 1.70. The van der Waals surface area contributed by atoms with Crippen LogP contribution >= 0.6 is 0 Å². The second kappa shape index (κ2) is 20.7. The third-order valence-corrected chi connectivity index (χ3v) is 8.14. The summed E-state index contributed by atoms with van der Waals surface area (Å²) in [6.45, 7) is 13.7. The Hall–Kier alpha value is -6.90. The van der Waals surface area contributed by atoms with Gasteiger partial charge < -0.3 is 42.6 Å². The minimum Gasteiger partial charge on any atom is -0.457 e. The maximum absolute atomic E-state index is 13.2. The van der Waals surface area contributed by atoms with Gasteiger partial charge in [0, 0.05) is 22.8 Å². The molecule has 0 saturated heterocycles. The first-order chi connectivity index (χ1) is 27.2. The number of hydrogen-bond donors (Lipinski definition) is 0. The van der Waals surface area contributed by atoms with Gasteiger partial charge in [0.1, 0.15) is 40.1 Å². The Balaban J connectivity index is 1.26. The Bertz CT molecular complexity index is 1990. The van der Waals surface area contributed by atoms with Gasteiger partial charge >= 0.3 is 35.8 Å². The molecule has 1 aliphatic rings. The van der Waals surface area contributed by atoms with Gasteiger partial charge in [-0.3, -0.25) is 9.59 Å². The first kappa shape index (κ1) is 42.8. The van der Waals surface area contributed by atoms with Gasteiger partial charge in [-0.15, -0.1) is 0 Å². The lowest BCUT2D eigenvalue weighted by atomic mass is 9.82. The fraction of sp³-hybridized carbons (Fsp3) is 0.286. The summed E-state index contributed by atoms with van der Waals surface area (Å²) in [5.41, 5.74) is 0.528. The molecule has 57 heavy (non-hydrogen) atoms. The van der Waals surface area contributed by atoms with Crippen LogP contribution in [0, 0.1) is 11.8 Å². The van der Waals surface area contributed by atoms with Gasteiger partial charge in [0.25, 0.3) is 0 Å². The van der Waals surface area contributed by atoms with Gasteiger partial charge in [-0.1, -0.05) is 19.7 Å². The van der Waals surface area contributed by atoms with E-state index in [-0.39, 0.29) is 52.1 Å². The number of rotatable bonds is 18. The Morgan fingerprint density at radius 3 is 1.26 bits per heavy atom. The van der Waals surface area contributed by atoms with Crippen LogP contribution in [0.25, 0.3) is 0 Å². The summed E-state index contributed by atoms with van der Waals surface area (Å²) in [5, 5.41) is 0. The molecule has 3 aromatic carbocycles. The minimum atomic E-state index is -0.832. The van der Waals surface area contributed by atoms with E-state index in [0.717, 1.165) is 0 Å². The molecule has 0 bridgehead atoms. The maximum atomic E-state index is 13.2.